The zero-order valence-electron chi connectivity index (χ0n) is 13.0. The number of anilines is 1. The molecule has 2 aromatic rings. The number of rotatable bonds is 6. The van der Waals surface area contributed by atoms with Crippen LogP contribution in [0.15, 0.2) is 29.6 Å². The van der Waals surface area contributed by atoms with Crippen LogP contribution in [0.5, 0.6) is 0 Å². The van der Waals surface area contributed by atoms with Crippen LogP contribution in [-0.2, 0) is 20.7 Å². The molecule has 1 unspecified atom stereocenters. The number of ether oxygens (including phenoxy) is 1. The number of carbonyl (C=O) groups excluding carboxylic acids is 3. The summed E-state index contributed by atoms with van der Waals surface area (Å²) in [6.07, 6.45) is -1.24. The maximum Gasteiger partial charge on any atom is 0.311 e. The summed E-state index contributed by atoms with van der Waals surface area (Å²) in [4.78, 5) is 35.4. The molecule has 0 saturated carbocycles. The van der Waals surface area contributed by atoms with Crippen LogP contribution in [0.3, 0.4) is 0 Å². The lowest BCUT2D eigenvalue weighted by Crippen LogP contribution is -2.31. The normalized spacial score (nSPS) is 11.6. The van der Waals surface area contributed by atoms with E-state index < -0.39 is 23.9 Å². The SMILES string of the molecule is CC(OC(=O)Cc1c(Cl)cccc1Cl)C(=O)Nc1sccc1C(N)=O. The fourth-order valence-corrected chi connectivity index (χ4v) is 3.28. The summed E-state index contributed by atoms with van der Waals surface area (Å²) < 4.78 is 5.10. The maximum atomic E-state index is 12.1. The average Bonchev–Trinajstić information content (AvgIpc) is 2.99. The number of benzene rings is 1. The highest BCUT2D eigenvalue weighted by Crippen LogP contribution is 2.25. The Morgan fingerprint density at radius 2 is 1.88 bits per heavy atom. The van der Waals surface area contributed by atoms with E-state index in [0.717, 1.165) is 11.3 Å². The minimum atomic E-state index is -1.07. The standard InChI is InChI=1S/C16H14Cl2N2O4S/c1-8(15(23)20-16-9(14(19)22)5-6-25-16)24-13(21)7-10-11(17)3-2-4-12(10)18/h2-6,8H,7H2,1H3,(H2,19,22)(H,20,23). The zero-order chi connectivity index (χ0) is 18.6. The van der Waals surface area contributed by atoms with Crippen molar-refractivity contribution < 1.29 is 19.1 Å². The summed E-state index contributed by atoms with van der Waals surface area (Å²) in [5.41, 5.74) is 5.83. The van der Waals surface area contributed by atoms with Crippen LogP contribution in [0.4, 0.5) is 5.00 Å². The Labute approximate surface area is 157 Å². The minimum absolute atomic E-state index is 0.165. The zero-order valence-corrected chi connectivity index (χ0v) is 15.4. The molecule has 0 saturated heterocycles. The van der Waals surface area contributed by atoms with Crippen molar-refractivity contribution in [1.29, 1.82) is 0 Å². The quantitative estimate of drug-likeness (QED) is 0.726. The third-order valence-corrected chi connectivity index (χ3v) is 4.77. The van der Waals surface area contributed by atoms with E-state index in [2.05, 4.69) is 5.32 Å². The molecule has 0 aliphatic heterocycles. The van der Waals surface area contributed by atoms with Crippen molar-refractivity contribution in [2.24, 2.45) is 5.73 Å². The summed E-state index contributed by atoms with van der Waals surface area (Å²) in [5, 5.41) is 5.11. The van der Waals surface area contributed by atoms with Crippen LogP contribution in [0, 0.1) is 0 Å². The highest BCUT2D eigenvalue weighted by molar-refractivity contribution is 7.14. The maximum absolute atomic E-state index is 12.1. The highest BCUT2D eigenvalue weighted by atomic mass is 35.5. The number of carbonyl (C=O) groups is 3. The summed E-state index contributed by atoms with van der Waals surface area (Å²) in [6, 6.07) is 6.37. The molecule has 1 aromatic heterocycles. The number of halogens is 2. The first-order chi connectivity index (χ1) is 11.8. The minimum Gasteiger partial charge on any atom is -0.452 e. The number of esters is 1. The van der Waals surface area contributed by atoms with Gasteiger partial charge in [-0.05, 0) is 30.5 Å². The number of hydrogen-bond donors (Lipinski definition) is 2. The molecular formula is C16H14Cl2N2O4S. The van der Waals surface area contributed by atoms with Crippen molar-refractivity contribution >= 4 is 57.3 Å². The Hall–Kier alpha value is -2.09. The lowest BCUT2D eigenvalue weighted by molar-refractivity contribution is -0.152. The Morgan fingerprint density at radius 1 is 1.24 bits per heavy atom. The van der Waals surface area contributed by atoms with Crippen LogP contribution < -0.4 is 11.1 Å². The topological polar surface area (TPSA) is 98.5 Å². The number of hydrogen-bond acceptors (Lipinski definition) is 5. The second-order valence-corrected chi connectivity index (χ2v) is 6.76. The third-order valence-electron chi connectivity index (χ3n) is 3.23. The van der Waals surface area contributed by atoms with Crippen molar-refractivity contribution in [3.63, 3.8) is 0 Å². The molecule has 0 aliphatic carbocycles. The van der Waals surface area contributed by atoms with Gasteiger partial charge in [-0.2, -0.15) is 0 Å². The van der Waals surface area contributed by atoms with E-state index in [1.165, 1.54) is 13.0 Å². The lowest BCUT2D eigenvalue weighted by Gasteiger charge is -2.14. The Balaban J connectivity index is 1.97. The van der Waals surface area contributed by atoms with Gasteiger partial charge in [0.1, 0.15) is 5.00 Å². The van der Waals surface area contributed by atoms with Gasteiger partial charge in [0, 0.05) is 15.6 Å². The molecule has 0 fully saturated rings. The van der Waals surface area contributed by atoms with Crippen molar-refractivity contribution in [3.8, 4) is 0 Å². The van der Waals surface area contributed by atoms with E-state index in [1.807, 2.05) is 0 Å². The van der Waals surface area contributed by atoms with Gasteiger partial charge in [0.05, 0.1) is 12.0 Å². The first-order valence-electron chi connectivity index (χ1n) is 7.10. The van der Waals surface area contributed by atoms with Gasteiger partial charge < -0.3 is 15.8 Å². The fraction of sp³-hybridized carbons (Fsp3) is 0.188. The number of amides is 2. The number of nitrogens with one attached hydrogen (secondary N) is 1. The van der Waals surface area contributed by atoms with Gasteiger partial charge in [-0.3, -0.25) is 14.4 Å². The molecule has 0 radical (unpaired) electrons. The van der Waals surface area contributed by atoms with Crippen molar-refractivity contribution in [1.82, 2.24) is 0 Å². The molecule has 9 heteroatoms. The van der Waals surface area contributed by atoms with E-state index >= 15 is 0 Å². The monoisotopic (exact) mass is 400 g/mol. The van der Waals surface area contributed by atoms with E-state index in [1.54, 1.807) is 23.6 Å². The predicted molar refractivity (Wildman–Crippen MR) is 97.2 cm³/mol. The van der Waals surface area contributed by atoms with Crippen LogP contribution in [0.1, 0.15) is 22.8 Å². The molecule has 1 heterocycles. The van der Waals surface area contributed by atoms with Gasteiger partial charge in [0.25, 0.3) is 11.8 Å². The Morgan fingerprint density at radius 3 is 2.48 bits per heavy atom. The molecule has 1 atom stereocenters. The third kappa shape index (κ3) is 4.94. The van der Waals surface area contributed by atoms with E-state index in [-0.39, 0.29) is 12.0 Å². The van der Waals surface area contributed by atoms with Crippen LogP contribution in [0.25, 0.3) is 0 Å². The van der Waals surface area contributed by atoms with Crippen molar-refractivity contribution in [2.75, 3.05) is 5.32 Å². The van der Waals surface area contributed by atoms with E-state index in [9.17, 15) is 14.4 Å². The van der Waals surface area contributed by atoms with E-state index in [4.69, 9.17) is 33.7 Å². The molecule has 1 aromatic carbocycles. The number of nitrogens with two attached hydrogens (primary N) is 1. The molecule has 2 rings (SSSR count). The Bertz CT molecular complexity index is 802. The fourth-order valence-electron chi connectivity index (χ4n) is 1.95. The van der Waals surface area contributed by atoms with Gasteiger partial charge in [0.2, 0.25) is 0 Å². The molecule has 2 amide bonds. The Kier molecular flexibility index (Phi) is 6.41. The average molecular weight is 401 g/mol. The smallest absolute Gasteiger partial charge is 0.311 e. The van der Waals surface area contributed by atoms with Crippen molar-refractivity contribution in [3.05, 3.63) is 50.8 Å². The predicted octanol–water partition coefficient (Wildman–Crippen LogP) is 3.27. The molecule has 6 nitrogen and oxygen atoms in total. The van der Waals surface area contributed by atoms with Gasteiger partial charge in [-0.1, -0.05) is 29.3 Å². The summed E-state index contributed by atoms with van der Waals surface area (Å²) >= 11 is 13.1. The highest BCUT2D eigenvalue weighted by Gasteiger charge is 2.21. The number of thiophene rings is 1. The van der Waals surface area contributed by atoms with E-state index in [0.29, 0.717) is 20.6 Å². The molecule has 0 spiro atoms. The first-order valence-corrected chi connectivity index (χ1v) is 8.73. The summed E-state index contributed by atoms with van der Waals surface area (Å²) in [5.74, 6) is -1.89. The molecule has 25 heavy (non-hydrogen) atoms. The van der Waals surface area contributed by atoms with Gasteiger partial charge >= 0.3 is 5.97 Å². The van der Waals surface area contributed by atoms with Crippen LogP contribution in [0.2, 0.25) is 10.0 Å². The molecular weight excluding hydrogens is 387 g/mol. The second kappa shape index (κ2) is 8.33. The van der Waals surface area contributed by atoms with Gasteiger partial charge in [-0.15, -0.1) is 11.3 Å². The number of primary amides is 1. The molecule has 0 bridgehead atoms. The molecule has 0 aliphatic rings. The summed E-state index contributed by atoms with van der Waals surface area (Å²) in [7, 11) is 0. The molecule has 3 N–H and O–H groups in total. The second-order valence-electron chi connectivity index (χ2n) is 5.03. The largest absolute Gasteiger partial charge is 0.452 e. The molecule has 132 valence electrons. The van der Waals surface area contributed by atoms with Gasteiger partial charge in [0.15, 0.2) is 6.10 Å². The van der Waals surface area contributed by atoms with Gasteiger partial charge in [-0.25, -0.2) is 0 Å². The van der Waals surface area contributed by atoms with Crippen molar-refractivity contribution in [2.45, 2.75) is 19.4 Å². The summed E-state index contributed by atoms with van der Waals surface area (Å²) in [6.45, 7) is 1.42. The first kappa shape index (κ1) is 19.2. The van der Waals surface area contributed by atoms with Crippen LogP contribution in [-0.4, -0.2) is 23.9 Å². The lowest BCUT2D eigenvalue weighted by atomic mass is 10.1. The van der Waals surface area contributed by atoms with Crippen LogP contribution >= 0.6 is 34.5 Å².